The molecule has 0 aliphatic rings. The molecule has 28 heavy (non-hydrogen) atoms. The van der Waals surface area contributed by atoms with E-state index < -0.39 is 0 Å². The minimum absolute atomic E-state index is 0. The van der Waals surface area contributed by atoms with Crippen LogP contribution in [-0.4, -0.2) is 92.6 Å². The predicted molar refractivity (Wildman–Crippen MR) is 123 cm³/mol. The molecule has 0 heterocycles. The summed E-state index contributed by atoms with van der Waals surface area (Å²) < 4.78 is 0. The maximum Gasteiger partial charge on any atom is 0 e. The fourth-order valence-electron chi connectivity index (χ4n) is 1.61. The molecule has 0 spiro atoms. The fourth-order valence-corrected chi connectivity index (χ4v) is 1.61. The predicted octanol–water partition coefficient (Wildman–Crippen LogP) is 3.76. The Hall–Kier alpha value is -1.01. The van der Waals surface area contributed by atoms with Gasteiger partial charge in [-0.3, -0.25) is 19.0 Å². The summed E-state index contributed by atoms with van der Waals surface area (Å²) in [6.45, 7) is 27.1. The van der Waals surface area contributed by atoms with Gasteiger partial charge in [0.2, 0.25) is 0 Å². The summed E-state index contributed by atoms with van der Waals surface area (Å²) in [6.07, 6.45) is 8.78. The van der Waals surface area contributed by atoms with E-state index in [1.807, 2.05) is 35.5 Å². The molecule has 0 aromatic heterocycles. The van der Waals surface area contributed by atoms with Crippen molar-refractivity contribution < 1.29 is 18.6 Å². The molecular formula is C21H45N6V-3. The van der Waals surface area contributed by atoms with E-state index in [9.17, 15) is 0 Å². The summed E-state index contributed by atoms with van der Waals surface area (Å²) in [7, 11) is 0. The third kappa shape index (κ3) is 27.2. The van der Waals surface area contributed by atoms with Gasteiger partial charge in [-0.1, -0.05) is 41.5 Å². The van der Waals surface area contributed by atoms with Gasteiger partial charge < -0.3 is 29.7 Å². The van der Waals surface area contributed by atoms with Crippen LogP contribution in [0.3, 0.4) is 0 Å². The third-order valence-corrected chi connectivity index (χ3v) is 3.40. The molecule has 1 radical (unpaired) electrons. The molecule has 7 heteroatoms. The van der Waals surface area contributed by atoms with Gasteiger partial charge in [0.15, 0.2) is 0 Å². The van der Waals surface area contributed by atoms with Crippen LogP contribution < -0.4 is 0 Å². The summed E-state index contributed by atoms with van der Waals surface area (Å²) in [5, 5.41) is 0. The monoisotopic (exact) mass is 432 g/mol. The van der Waals surface area contributed by atoms with E-state index in [0.717, 1.165) is 58.9 Å². The van der Waals surface area contributed by atoms with Crippen molar-refractivity contribution in [2.45, 2.75) is 62.3 Å². The fraction of sp³-hybridized carbons (Fsp3) is 0.857. The largest absolute Gasteiger partial charge is 0.538 e. The van der Waals surface area contributed by atoms with Crippen LogP contribution >= 0.6 is 0 Å². The molecule has 0 fully saturated rings. The second kappa shape index (κ2) is 30.7. The summed E-state index contributed by atoms with van der Waals surface area (Å²) in [4.78, 5) is 18.1. The van der Waals surface area contributed by atoms with Gasteiger partial charge in [0.1, 0.15) is 0 Å². The Morgan fingerprint density at radius 2 is 0.607 bits per heavy atom. The normalized spacial score (nSPS) is 10.2. The molecule has 0 aromatic carbocycles. The summed E-state index contributed by atoms with van der Waals surface area (Å²) in [6, 6.07) is 0. The van der Waals surface area contributed by atoms with E-state index in [2.05, 4.69) is 75.5 Å². The molecule has 167 valence electrons. The standard InChI is InChI=1S/3C7H15N2.V/c3*1-4-8-7-9(5-2)6-3;/h3*4-6H2,1-3H3;/q3*-1;. The molecular weight excluding hydrogens is 387 g/mol. The van der Waals surface area contributed by atoms with Crippen molar-refractivity contribution >= 4 is 19.0 Å². The van der Waals surface area contributed by atoms with Crippen LogP contribution in [0.2, 0.25) is 0 Å². The van der Waals surface area contributed by atoms with E-state index in [1.54, 1.807) is 0 Å². The van der Waals surface area contributed by atoms with Crippen molar-refractivity contribution in [3.8, 4) is 0 Å². The van der Waals surface area contributed by atoms with Gasteiger partial charge in [-0.05, 0) is 79.7 Å². The first-order valence-corrected chi connectivity index (χ1v) is 10.6. The molecule has 0 saturated carbocycles. The molecule has 0 bridgehead atoms. The molecule has 0 amide bonds. The molecule has 0 N–H and O–H groups in total. The van der Waals surface area contributed by atoms with Crippen LogP contribution in [0.15, 0.2) is 15.0 Å². The average Bonchev–Trinajstić information content (AvgIpc) is 2.71. The van der Waals surface area contributed by atoms with Crippen molar-refractivity contribution in [3.05, 3.63) is 0 Å². The second-order valence-electron chi connectivity index (χ2n) is 5.24. The molecule has 0 atom stereocenters. The van der Waals surface area contributed by atoms with Crippen molar-refractivity contribution in [3.63, 3.8) is 0 Å². The zero-order valence-corrected chi connectivity index (χ0v) is 21.4. The van der Waals surface area contributed by atoms with E-state index in [0.29, 0.717) is 0 Å². The van der Waals surface area contributed by atoms with Crippen LogP contribution in [0.4, 0.5) is 0 Å². The van der Waals surface area contributed by atoms with Crippen molar-refractivity contribution in [2.75, 3.05) is 58.9 Å². The van der Waals surface area contributed by atoms with Crippen molar-refractivity contribution in [1.29, 1.82) is 0 Å². The van der Waals surface area contributed by atoms with Gasteiger partial charge in [-0.25, -0.2) is 0 Å². The minimum atomic E-state index is 0. The van der Waals surface area contributed by atoms with Crippen LogP contribution in [0.5, 0.6) is 0 Å². The Morgan fingerprint density at radius 3 is 0.714 bits per heavy atom. The number of aliphatic imine (C=N–C) groups is 3. The molecule has 0 unspecified atom stereocenters. The van der Waals surface area contributed by atoms with E-state index in [1.165, 1.54) is 0 Å². The summed E-state index contributed by atoms with van der Waals surface area (Å²) >= 11 is 0. The molecule has 6 nitrogen and oxygen atoms in total. The van der Waals surface area contributed by atoms with Gasteiger partial charge in [0.25, 0.3) is 0 Å². The number of hydrogen-bond acceptors (Lipinski definition) is 3. The molecule has 0 rings (SSSR count). The van der Waals surface area contributed by atoms with E-state index in [4.69, 9.17) is 0 Å². The molecule has 0 aliphatic carbocycles. The molecule has 0 saturated heterocycles. The zero-order chi connectivity index (χ0) is 21.3. The summed E-state index contributed by atoms with van der Waals surface area (Å²) in [5.74, 6) is 0. The molecule has 0 aliphatic heterocycles. The topological polar surface area (TPSA) is 46.8 Å². The van der Waals surface area contributed by atoms with E-state index in [-0.39, 0.29) is 18.6 Å². The minimum Gasteiger partial charge on any atom is -0.538 e. The first-order valence-electron chi connectivity index (χ1n) is 10.6. The Morgan fingerprint density at radius 1 is 0.429 bits per heavy atom. The Balaban J connectivity index is -0.000000152. The summed E-state index contributed by atoms with van der Waals surface area (Å²) in [5.41, 5.74) is 0. The SMILES string of the molecule is CCN=[C-]N(CC)CC.CCN=[C-]N(CC)CC.CCN=[C-]N(CC)CC.[V]. The van der Waals surface area contributed by atoms with Crippen LogP contribution in [0.1, 0.15) is 62.3 Å². The van der Waals surface area contributed by atoms with Gasteiger partial charge in [0.05, 0.1) is 0 Å². The maximum atomic E-state index is 3.99. The molecule has 0 aromatic rings. The van der Waals surface area contributed by atoms with E-state index >= 15 is 0 Å². The van der Waals surface area contributed by atoms with Gasteiger partial charge in [0, 0.05) is 18.6 Å². The Labute approximate surface area is 188 Å². The van der Waals surface area contributed by atoms with Crippen LogP contribution in [0.25, 0.3) is 0 Å². The van der Waals surface area contributed by atoms with Gasteiger partial charge >= 0.3 is 0 Å². The first-order chi connectivity index (χ1) is 13.0. The Bertz CT molecular complexity index is 283. The van der Waals surface area contributed by atoms with Crippen molar-refractivity contribution in [1.82, 2.24) is 14.7 Å². The zero-order valence-electron chi connectivity index (χ0n) is 20.0. The van der Waals surface area contributed by atoms with Crippen LogP contribution in [-0.2, 0) is 18.6 Å². The third-order valence-electron chi connectivity index (χ3n) is 3.40. The van der Waals surface area contributed by atoms with Crippen LogP contribution in [0, 0.1) is 0 Å². The number of nitrogens with zero attached hydrogens (tertiary/aromatic N) is 6. The second-order valence-corrected chi connectivity index (χ2v) is 5.24. The van der Waals surface area contributed by atoms with Crippen molar-refractivity contribution in [2.24, 2.45) is 15.0 Å². The van der Waals surface area contributed by atoms with Gasteiger partial charge in [-0.15, -0.1) is 0 Å². The quantitative estimate of drug-likeness (QED) is 0.204. The smallest absolute Gasteiger partial charge is 0 e. The average molecular weight is 433 g/mol. The number of rotatable bonds is 12. The maximum absolute atomic E-state index is 3.99. The number of hydrogen-bond donors (Lipinski definition) is 0. The van der Waals surface area contributed by atoms with Gasteiger partial charge in [-0.2, -0.15) is 0 Å². The Kier molecular flexibility index (Phi) is 37.8. The first kappa shape index (κ1) is 34.5.